The first kappa shape index (κ1) is 24.1. The van der Waals surface area contributed by atoms with Crippen LogP contribution in [0.1, 0.15) is 37.4 Å². The van der Waals surface area contributed by atoms with Gasteiger partial charge >= 0.3 is 0 Å². The number of pyridine rings is 1. The van der Waals surface area contributed by atoms with E-state index in [2.05, 4.69) is 34.2 Å². The Morgan fingerprint density at radius 1 is 1.33 bits per heavy atom. The summed E-state index contributed by atoms with van der Waals surface area (Å²) in [6.45, 7) is 5.83. The molecule has 1 aromatic heterocycles. The molecule has 0 aliphatic rings. The minimum Gasteiger partial charge on any atom is -0.504 e. The number of phenols is 1. The molecule has 0 radical (unpaired) electrons. The number of hydrogen-bond donors (Lipinski definition) is 3. The zero-order chi connectivity index (χ0) is 22.1. The van der Waals surface area contributed by atoms with Gasteiger partial charge in [0.05, 0.1) is 29.1 Å². The number of hydrogen-bond acceptors (Lipinski definition) is 5. The Hall–Kier alpha value is -2.16. The standard InChI is InChI=1S/C24H28INO4/c1-4-16(2)19(10-12-27)22(28)9-8-18(21-7-5-6-11-26-21)13-17-14-20(25)24(29)23(15-17)30-3/h5-7,10-11,13-15,22,27-29H,2,4,8-9,12H2,1,3H3/b18-13-,19-10-. The fourth-order valence-corrected chi connectivity index (χ4v) is 3.75. The van der Waals surface area contributed by atoms with Crippen molar-refractivity contribution < 1.29 is 20.1 Å². The molecule has 0 fully saturated rings. The molecule has 0 aliphatic carbocycles. The second kappa shape index (κ2) is 11.9. The lowest BCUT2D eigenvalue weighted by atomic mass is 9.93. The van der Waals surface area contributed by atoms with Gasteiger partial charge in [-0.25, -0.2) is 0 Å². The van der Waals surface area contributed by atoms with Crippen molar-refractivity contribution >= 4 is 34.2 Å². The number of phenolic OH excluding ortho intramolecular Hbond substituents is 1. The zero-order valence-electron chi connectivity index (χ0n) is 17.3. The molecule has 6 heteroatoms. The molecule has 1 aromatic carbocycles. The topological polar surface area (TPSA) is 82.8 Å². The lowest BCUT2D eigenvalue weighted by Crippen LogP contribution is -2.13. The maximum Gasteiger partial charge on any atom is 0.171 e. The highest BCUT2D eigenvalue weighted by atomic mass is 127. The monoisotopic (exact) mass is 521 g/mol. The van der Waals surface area contributed by atoms with Crippen LogP contribution >= 0.6 is 22.6 Å². The Bertz CT molecular complexity index is 922. The fraction of sp³-hybridized carbons (Fsp3) is 0.292. The molecule has 2 aromatic rings. The number of aromatic hydroxyl groups is 1. The van der Waals surface area contributed by atoms with Gasteiger partial charge in [-0.05, 0) is 94.5 Å². The number of aliphatic hydroxyl groups is 2. The molecule has 0 bridgehead atoms. The first-order valence-electron chi connectivity index (χ1n) is 9.76. The summed E-state index contributed by atoms with van der Waals surface area (Å²) >= 11 is 2.07. The summed E-state index contributed by atoms with van der Waals surface area (Å²) < 4.78 is 5.95. The lowest BCUT2D eigenvalue weighted by Gasteiger charge is -2.18. The Morgan fingerprint density at radius 3 is 2.70 bits per heavy atom. The second-order valence-electron chi connectivity index (χ2n) is 6.79. The van der Waals surface area contributed by atoms with Crippen LogP contribution in [0.25, 0.3) is 11.6 Å². The molecule has 0 saturated heterocycles. The van der Waals surface area contributed by atoms with Crippen LogP contribution in [-0.4, -0.2) is 40.1 Å². The van der Waals surface area contributed by atoms with Gasteiger partial charge in [0.15, 0.2) is 11.5 Å². The third-order valence-electron chi connectivity index (χ3n) is 4.80. The quantitative estimate of drug-likeness (QED) is 0.304. The molecule has 2 rings (SSSR count). The van der Waals surface area contributed by atoms with Gasteiger partial charge in [0.2, 0.25) is 0 Å². The van der Waals surface area contributed by atoms with E-state index in [-0.39, 0.29) is 12.4 Å². The van der Waals surface area contributed by atoms with Crippen molar-refractivity contribution in [2.45, 2.75) is 32.3 Å². The summed E-state index contributed by atoms with van der Waals surface area (Å²) in [6.07, 6.45) is 6.34. The summed E-state index contributed by atoms with van der Waals surface area (Å²) in [5.74, 6) is 0.517. The average Bonchev–Trinajstić information content (AvgIpc) is 2.76. The van der Waals surface area contributed by atoms with Gasteiger partial charge in [-0.15, -0.1) is 0 Å². The Balaban J connectivity index is 2.36. The molecule has 1 heterocycles. The van der Waals surface area contributed by atoms with E-state index < -0.39 is 6.10 Å². The maximum absolute atomic E-state index is 10.7. The number of aliphatic hydroxyl groups excluding tert-OH is 2. The smallest absolute Gasteiger partial charge is 0.171 e. The molecule has 160 valence electrons. The lowest BCUT2D eigenvalue weighted by molar-refractivity contribution is 0.202. The van der Waals surface area contributed by atoms with Crippen molar-refractivity contribution in [2.75, 3.05) is 13.7 Å². The highest BCUT2D eigenvalue weighted by Crippen LogP contribution is 2.34. The number of ether oxygens (including phenoxy) is 1. The molecule has 0 spiro atoms. The normalized spacial score (nSPS) is 13.2. The maximum atomic E-state index is 10.7. The Labute approximate surface area is 191 Å². The van der Waals surface area contributed by atoms with Crippen molar-refractivity contribution in [1.29, 1.82) is 0 Å². The molecule has 5 nitrogen and oxygen atoms in total. The predicted octanol–water partition coefficient (Wildman–Crippen LogP) is 4.97. The summed E-state index contributed by atoms with van der Waals surface area (Å²) in [6, 6.07) is 9.34. The van der Waals surface area contributed by atoms with Crippen LogP contribution in [0, 0.1) is 3.57 Å². The van der Waals surface area contributed by atoms with Gasteiger partial charge in [-0.1, -0.05) is 25.6 Å². The largest absolute Gasteiger partial charge is 0.504 e. The predicted molar refractivity (Wildman–Crippen MR) is 129 cm³/mol. The third-order valence-corrected chi connectivity index (χ3v) is 5.62. The number of rotatable bonds is 10. The van der Waals surface area contributed by atoms with Crippen LogP contribution < -0.4 is 4.74 Å². The molecule has 30 heavy (non-hydrogen) atoms. The highest BCUT2D eigenvalue weighted by molar-refractivity contribution is 14.1. The minimum absolute atomic E-state index is 0.113. The van der Waals surface area contributed by atoms with E-state index in [0.29, 0.717) is 34.2 Å². The van der Waals surface area contributed by atoms with Crippen LogP contribution in [0.4, 0.5) is 0 Å². The SMILES string of the molecule is C=C(CC)/C(=C/CO)C(O)CC/C(=C/c1cc(I)c(O)c(OC)c1)c1ccccn1. The van der Waals surface area contributed by atoms with E-state index in [1.54, 1.807) is 18.3 Å². The highest BCUT2D eigenvalue weighted by Gasteiger charge is 2.15. The first-order valence-corrected chi connectivity index (χ1v) is 10.8. The molecule has 1 unspecified atom stereocenters. The van der Waals surface area contributed by atoms with Crippen molar-refractivity contribution in [3.63, 3.8) is 0 Å². The summed E-state index contributed by atoms with van der Waals surface area (Å²) in [4.78, 5) is 4.46. The number of methoxy groups -OCH3 is 1. The van der Waals surface area contributed by atoms with E-state index >= 15 is 0 Å². The zero-order valence-corrected chi connectivity index (χ0v) is 19.5. The second-order valence-corrected chi connectivity index (χ2v) is 7.95. The van der Waals surface area contributed by atoms with E-state index in [1.807, 2.05) is 37.3 Å². The minimum atomic E-state index is -0.730. The van der Waals surface area contributed by atoms with Gasteiger partial charge in [0.1, 0.15) is 0 Å². The van der Waals surface area contributed by atoms with E-state index in [4.69, 9.17) is 4.74 Å². The molecular formula is C24H28INO4. The number of allylic oxidation sites excluding steroid dienone is 1. The molecule has 0 saturated carbocycles. The summed E-state index contributed by atoms with van der Waals surface area (Å²) in [5.41, 5.74) is 4.13. The molecule has 0 amide bonds. The van der Waals surface area contributed by atoms with Crippen LogP contribution in [0.3, 0.4) is 0 Å². The van der Waals surface area contributed by atoms with Gasteiger partial charge in [-0.3, -0.25) is 4.98 Å². The van der Waals surface area contributed by atoms with E-state index in [1.165, 1.54) is 7.11 Å². The van der Waals surface area contributed by atoms with Crippen molar-refractivity contribution in [2.24, 2.45) is 0 Å². The summed E-state index contributed by atoms with van der Waals surface area (Å²) in [5, 5.41) is 30.1. The molecule has 1 atom stereocenters. The van der Waals surface area contributed by atoms with Gasteiger partial charge in [0, 0.05) is 6.20 Å². The number of nitrogens with zero attached hydrogens (tertiary/aromatic N) is 1. The van der Waals surface area contributed by atoms with Crippen molar-refractivity contribution in [3.05, 3.63) is 75.2 Å². The van der Waals surface area contributed by atoms with Crippen LogP contribution in [0.5, 0.6) is 11.5 Å². The van der Waals surface area contributed by atoms with Crippen molar-refractivity contribution in [3.8, 4) is 11.5 Å². The number of halogens is 1. The van der Waals surface area contributed by atoms with E-state index in [9.17, 15) is 15.3 Å². The fourth-order valence-electron chi connectivity index (χ4n) is 3.13. The van der Waals surface area contributed by atoms with E-state index in [0.717, 1.165) is 22.4 Å². The molecule has 0 aliphatic heterocycles. The first-order chi connectivity index (χ1) is 14.4. The number of aromatic nitrogens is 1. The third kappa shape index (κ3) is 6.42. The van der Waals surface area contributed by atoms with Crippen LogP contribution in [0.15, 0.2) is 60.3 Å². The van der Waals surface area contributed by atoms with Gasteiger partial charge in [0.25, 0.3) is 0 Å². The number of benzene rings is 1. The Morgan fingerprint density at radius 2 is 2.10 bits per heavy atom. The van der Waals surface area contributed by atoms with Crippen molar-refractivity contribution in [1.82, 2.24) is 4.98 Å². The van der Waals surface area contributed by atoms with Crippen LogP contribution in [0.2, 0.25) is 0 Å². The average molecular weight is 521 g/mol. The van der Waals surface area contributed by atoms with Gasteiger partial charge in [-0.2, -0.15) is 0 Å². The Kier molecular flexibility index (Phi) is 9.55. The van der Waals surface area contributed by atoms with Gasteiger partial charge < -0.3 is 20.1 Å². The molecular weight excluding hydrogens is 493 g/mol. The van der Waals surface area contributed by atoms with Crippen LogP contribution in [-0.2, 0) is 0 Å². The molecule has 3 N–H and O–H groups in total. The summed E-state index contributed by atoms with van der Waals surface area (Å²) in [7, 11) is 1.52.